The molecule has 0 saturated heterocycles. The van der Waals surface area contributed by atoms with E-state index in [9.17, 15) is 18.0 Å². The molecule has 27 heavy (non-hydrogen) atoms. The molecule has 0 atom stereocenters. The van der Waals surface area contributed by atoms with Gasteiger partial charge in [0.15, 0.2) is 5.82 Å². The van der Waals surface area contributed by atoms with Crippen molar-refractivity contribution < 1.29 is 22.5 Å². The highest BCUT2D eigenvalue weighted by atomic mass is 19.4. The maximum absolute atomic E-state index is 12.6. The van der Waals surface area contributed by atoms with Crippen molar-refractivity contribution in [1.82, 2.24) is 15.1 Å². The third kappa shape index (κ3) is 4.60. The number of aromatic nitrogens is 3. The number of hydrogen-bond acceptors (Lipinski definition) is 6. The molecular formula is C17H14F3N5O2. The molecule has 0 aliphatic heterocycles. The summed E-state index contributed by atoms with van der Waals surface area (Å²) in [5.41, 5.74) is -0.299. The van der Waals surface area contributed by atoms with Crippen LogP contribution in [-0.4, -0.2) is 21.0 Å². The molecule has 0 radical (unpaired) electrons. The number of rotatable bonds is 4. The minimum absolute atomic E-state index is 0.0672. The zero-order valence-corrected chi connectivity index (χ0v) is 14.3. The largest absolute Gasteiger partial charge is 0.416 e. The molecule has 2 heterocycles. The number of carbonyl (C=O) groups is 1. The van der Waals surface area contributed by atoms with Crippen LogP contribution in [0.2, 0.25) is 0 Å². The lowest BCUT2D eigenvalue weighted by atomic mass is 10.2. The minimum Gasteiger partial charge on any atom is -0.360 e. The van der Waals surface area contributed by atoms with E-state index >= 15 is 0 Å². The Balaban J connectivity index is 1.77. The van der Waals surface area contributed by atoms with Crippen LogP contribution in [0.25, 0.3) is 0 Å². The summed E-state index contributed by atoms with van der Waals surface area (Å²) in [6.07, 6.45) is -4.41. The second-order valence-corrected chi connectivity index (χ2v) is 5.66. The third-order valence-corrected chi connectivity index (χ3v) is 3.42. The predicted molar refractivity (Wildman–Crippen MR) is 90.7 cm³/mol. The molecule has 2 aromatic heterocycles. The van der Waals surface area contributed by atoms with Crippen LogP contribution in [0.1, 0.15) is 27.6 Å². The van der Waals surface area contributed by atoms with Gasteiger partial charge in [-0.15, -0.1) is 0 Å². The van der Waals surface area contributed by atoms with E-state index in [1.165, 1.54) is 18.2 Å². The van der Waals surface area contributed by atoms with E-state index in [2.05, 4.69) is 25.8 Å². The highest BCUT2D eigenvalue weighted by Crippen LogP contribution is 2.30. The number of amides is 1. The highest BCUT2D eigenvalue weighted by molar-refractivity contribution is 6.02. The van der Waals surface area contributed by atoms with E-state index in [1.807, 2.05) is 0 Å². The van der Waals surface area contributed by atoms with Gasteiger partial charge in [-0.3, -0.25) is 4.79 Å². The summed E-state index contributed by atoms with van der Waals surface area (Å²) in [4.78, 5) is 20.5. The number of anilines is 3. The Morgan fingerprint density at radius 1 is 1.04 bits per heavy atom. The first-order valence-electron chi connectivity index (χ1n) is 7.75. The van der Waals surface area contributed by atoms with E-state index in [1.54, 1.807) is 19.9 Å². The molecule has 0 spiro atoms. The van der Waals surface area contributed by atoms with Crippen molar-refractivity contribution in [2.75, 3.05) is 10.6 Å². The summed E-state index contributed by atoms with van der Waals surface area (Å²) in [5, 5.41) is 9.05. The van der Waals surface area contributed by atoms with E-state index in [0.29, 0.717) is 17.3 Å². The van der Waals surface area contributed by atoms with Gasteiger partial charge in [-0.2, -0.15) is 13.2 Å². The molecule has 10 heteroatoms. The van der Waals surface area contributed by atoms with Crippen LogP contribution in [0, 0.1) is 13.8 Å². The van der Waals surface area contributed by atoms with Crippen LogP contribution in [-0.2, 0) is 6.18 Å². The van der Waals surface area contributed by atoms with Gasteiger partial charge < -0.3 is 15.2 Å². The molecule has 0 aliphatic rings. The zero-order chi connectivity index (χ0) is 19.6. The molecule has 0 saturated carbocycles. The number of halogens is 3. The Bertz CT molecular complexity index is 967. The van der Waals surface area contributed by atoms with Crippen LogP contribution >= 0.6 is 0 Å². The van der Waals surface area contributed by atoms with Crippen LogP contribution in [0.3, 0.4) is 0 Å². The molecule has 140 valence electrons. The van der Waals surface area contributed by atoms with Crippen LogP contribution < -0.4 is 10.6 Å². The molecule has 0 bridgehead atoms. The Kier molecular flexibility index (Phi) is 4.80. The first-order chi connectivity index (χ1) is 12.7. The summed E-state index contributed by atoms with van der Waals surface area (Å²) >= 11 is 0. The van der Waals surface area contributed by atoms with Gasteiger partial charge in [-0.25, -0.2) is 9.97 Å². The Labute approximate surface area is 151 Å². The third-order valence-electron chi connectivity index (χ3n) is 3.42. The number of nitrogens with one attached hydrogen (secondary N) is 2. The number of nitrogens with zero attached hydrogens (tertiary/aromatic N) is 3. The standard InChI is InChI=1S/C17H14F3N5O2/c1-9-7-15(25-27-9)24-16(26)13-8-14(22-10(2)21-13)23-12-5-3-11(4-6-12)17(18,19)20/h3-8H,1-2H3,(H,21,22,23)(H,24,25,26). The molecule has 7 nitrogen and oxygen atoms in total. The van der Waals surface area contributed by atoms with Crippen LogP contribution in [0.15, 0.2) is 40.9 Å². The average Bonchev–Trinajstić information content (AvgIpc) is 2.99. The van der Waals surface area contributed by atoms with Gasteiger partial charge in [0.05, 0.1) is 5.56 Å². The summed E-state index contributed by atoms with van der Waals surface area (Å²) in [5.74, 6) is 0.834. The predicted octanol–water partition coefficient (Wildman–Crippen LogP) is 4.10. The Hall–Kier alpha value is -3.43. The normalized spacial score (nSPS) is 11.3. The zero-order valence-electron chi connectivity index (χ0n) is 14.3. The van der Waals surface area contributed by atoms with Crippen molar-refractivity contribution in [1.29, 1.82) is 0 Å². The Morgan fingerprint density at radius 3 is 2.33 bits per heavy atom. The fraction of sp³-hybridized carbons (Fsp3) is 0.176. The first-order valence-corrected chi connectivity index (χ1v) is 7.75. The Morgan fingerprint density at radius 2 is 1.74 bits per heavy atom. The fourth-order valence-electron chi connectivity index (χ4n) is 2.24. The van der Waals surface area contributed by atoms with Crippen molar-refractivity contribution in [2.45, 2.75) is 20.0 Å². The van der Waals surface area contributed by atoms with Crippen molar-refractivity contribution >= 4 is 23.2 Å². The van der Waals surface area contributed by atoms with Crippen molar-refractivity contribution in [3.8, 4) is 0 Å². The van der Waals surface area contributed by atoms with Crippen LogP contribution in [0.4, 0.5) is 30.5 Å². The molecule has 0 fully saturated rings. The first kappa shape index (κ1) is 18.4. The lowest BCUT2D eigenvalue weighted by molar-refractivity contribution is -0.137. The molecule has 0 unspecified atom stereocenters. The van der Waals surface area contributed by atoms with Crippen LogP contribution in [0.5, 0.6) is 0 Å². The van der Waals surface area contributed by atoms with Crippen molar-refractivity contribution in [2.24, 2.45) is 0 Å². The molecule has 1 aromatic carbocycles. The van der Waals surface area contributed by atoms with Crippen molar-refractivity contribution in [3.05, 3.63) is 59.2 Å². The SMILES string of the molecule is Cc1nc(Nc2ccc(C(F)(F)F)cc2)cc(C(=O)Nc2cc(C)on2)n1. The van der Waals surface area contributed by atoms with Gasteiger partial charge in [-0.05, 0) is 38.1 Å². The van der Waals surface area contributed by atoms with Gasteiger partial charge in [0.1, 0.15) is 23.1 Å². The van der Waals surface area contributed by atoms with E-state index < -0.39 is 17.6 Å². The fourth-order valence-corrected chi connectivity index (χ4v) is 2.24. The van der Waals surface area contributed by atoms with Gasteiger partial charge in [0, 0.05) is 17.8 Å². The highest BCUT2D eigenvalue weighted by Gasteiger charge is 2.29. The molecular weight excluding hydrogens is 363 g/mol. The molecule has 3 rings (SSSR count). The maximum Gasteiger partial charge on any atom is 0.416 e. The topological polar surface area (TPSA) is 92.9 Å². The quantitative estimate of drug-likeness (QED) is 0.711. The maximum atomic E-state index is 12.6. The second-order valence-electron chi connectivity index (χ2n) is 5.66. The number of alkyl halides is 3. The van der Waals surface area contributed by atoms with Gasteiger partial charge in [0.2, 0.25) is 0 Å². The lowest BCUT2D eigenvalue weighted by Gasteiger charge is -2.10. The van der Waals surface area contributed by atoms with E-state index in [0.717, 1.165) is 12.1 Å². The van der Waals surface area contributed by atoms with Gasteiger partial charge in [-0.1, -0.05) is 5.16 Å². The average molecular weight is 377 g/mol. The van der Waals surface area contributed by atoms with E-state index in [-0.39, 0.29) is 17.3 Å². The lowest BCUT2D eigenvalue weighted by Crippen LogP contribution is -2.15. The molecule has 0 aliphatic carbocycles. The number of hydrogen-bond donors (Lipinski definition) is 2. The smallest absolute Gasteiger partial charge is 0.360 e. The summed E-state index contributed by atoms with van der Waals surface area (Å²) in [7, 11) is 0. The second kappa shape index (κ2) is 7.06. The molecule has 3 aromatic rings. The minimum atomic E-state index is -4.41. The monoisotopic (exact) mass is 377 g/mol. The van der Waals surface area contributed by atoms with Crippen molar-refractivity contribution in [3.63, 3.8) is 0 Å². The summed E-state index contributed by atoms with van der Waals surface area (Å²) in [6.45, 7) is 3.28. The van der Waals surface area contributed by atoms with Gasteiger partial charge in [0.25, 0.3) is 5.91 Å². The summed E-state index contributed by atoms with van der Waals surface area (Å²) in [6, 6.07) is 7.39. The number of benzene rings is 1. The summed E-state index contributed by atoms with van der Waals surface area (Å²) < 4.78 is 42.7. The molecule has 2 N–H and O–H groups in total. The number of carbonyl (C=O) groups excluding carboxylic acids is 1. The van der Waals surface area contributed by atoms with E-state index in [4.69, 9.17) is 4.52 Å². The molecule has 1 amide bonds. The number of aryl methyl sites for hydroxylation is 2. The van der Waals surface area contributed by atoms with Gasteiger partial charge >= 0.3 is 6.18 Å².